The highest BCUT2D eigenvalue weighted by Crippen LogP contribution is 2.21. The van der Waals surface area contributed by atoms with Crippen molar-refractivity contribution in [3.05, 3.63) is 57.3 Å². The van der Waals surface area contributed by atoms with Crippen LogP contribution in [0.1, 0.15) is 12.0 Å². The van der Waals surface area contributed by atoms with Gasteiger partial charge in [0.15, 0.2) is 0 Å². The van der Waals surface area contributed by atoms with E-state index in [2.05, 4.69) is 26.6 Å². The van der Waals surface area contributed by atoms with E-state index in [4.69, 9.17) is 11.6 Å². The number of carbonyl (C=O) groups excluding carboxylic acids is 2. The number of hydrogen-bond acceptors (Lipinski definition) is 2. The smallest absolute Gasteiger partial charge is 0.233 e. The van der Waals surface area contributed by atoms with E-state index in [0.717, 1.165) is 16.1 Å². The molecule has 0 unspecified atom stereocenters. The third-order valence-electron chi connectivity index (χ3n) is 2.98. The Morgan fingerprint density at radius 3 is 2.22 bits per heavy atom. The summed E-state index contributed by atoms with van der Waals surface area (Å²) in [4.78, 5) is 23.7. The molecule has 2 rings (SSSR count). The first-order valence-electron chi connectivity index (χ1n) is 6.66. The van der Waals surface area contributed by atoms with Crippen LogP contribution in [0.15, 0.2) is 40.9 Å². The molecule has 0 saturated carbocycles. The van der Waals surface area contributed by atoms with Gasteiger partial charge in [0.05, 0.1) is 5.02 Å². The van der Waals surface area contributed by atoms with Crippen LogP contribution in [0, 0.1) is 12.7 Å². The van der Waals surface area contributed by atoms with Gasteiger partial charge in [-0.15, -0.1) is 0 Å². The minimum atomic E-state index is -0.577. The molecule has 0 radical (unpaired) electrons. The average molecular weight is 400 g/mol. The zero-order valence-corrected chi connectivity index (χ0v) is 14.5. The van der Waals surface area contributed by atoms with Crippen LogP contribution < -0.4 is 10.6 Å². The number of benzene rings is 2. The number of nitrogens with one attached hydrogen (secondary N) is 2. The van der Waals surface area contributed by atoms with E-state index in [-0.39, 0.29) is 11.4 Å². The van der Waals surface area contributed by atoms with Crippen molar-refractivity contribution < 1.29 is 14.0 Å². The van der Waals surface area contributed by atoms with Crippen LogP contribution in [-0.2, 0) is 9.59 Å². The van der Waals surface area contributed by atoms with Crippen LogP contribution in [-0.4, -0.2) is 11.8 Å². The third kappa shape index (κ3) is 5.04. The normalized spacial score (nSPS) is 10.3. The number of rotatable bonds is 4. The third-order valence-corrected chi connectivity index (χ3v) is 4.12. The second kappa shape index (κ2) is 7.57. The molecule has 4 nitrogen and oxygen atoms in total. The summed E-state index contributed by atoms with van der Waals surface area (Å²) in [7, 11) is 0. The lowest BCUT2D eigenvalue weighted by molar-refractivity contribution is -0.123. The van der Waals surface area contributed by atoms with Crippen LogP contribution in [0.5, 0.6) is 0 Å². The molecule has 7 heteroatoms. The van der Waals surface area contributed by atoms with Crippen LogP contribution >= 0.6 is 27.5 Å². The molecule has 0 aliphatic heterocycles. The Kier molecular flexibility index (Phi) is 5.74. The van der Waals surface area contributed by atoms with Crippen LogP contribution in [0.3, 0.4) is 0 Å². The van der Waals surface area contributed by atoms with Crippen LogP contribution in [0.2, 0.25) is 5.02 Å². The lowest BCUT2D eigenvalue weighted by Gasteiger charge is -2.08. The highest BCUT2D eigenvalue weighted by atomic mass is 79.9. The van der Waals surface area contributed by atoms with E-state index in [1.165, 1.54) is 12.1 Å². The summed E-state index contributed by atoms with van der Waals surface area (Å²) in [5.74, 6) is -1.55. The highest BCUT2D eigenvalue weighted by Gasteiger charge is 2.11. The van der Waals surface area contributed by atoms with Crippen molar-refractivity contribution in [3.8, 4) is 0 Å². The van der Waals surface area contributed by atoms with Crippen molar-refractivity contribution in [1.82, 2.24) is 0 Å². The van der Waals surface area contributed by atoms with Gasteiger partial charge in [-0.3, -0.25) is 9.59 Å². The Morgan fingerprint density at radius 1 is 1.09 bits per heavy atom. The fourth-order valence-corrected chi connectivity index (χ4v) is 2.36. The number of hydrogen-bond donors (Lipinski definition) is 2. The Morgan fingerprint density at radius 2 is 1.65 bits per heavy atom. The maximum Gasteiger partial charge on any atom is 0.233 e. The predicted molar refractivity (Wildman–Crippen MR) is 92.2 cm³/mol. The minimum absolute atomic E-state index is 0.100. The first kappa shape index (κ1) is 17.4. The summed E-state index contributed by atoms with van der Waals surface area (Å²) in [6.07, 6.45) is -0.361. The van der Waals surface area contributed by atoms with Gasteiger partial charge in [-0.25, -0.2) is 4.39 Å². The molecule has 0 spiro atoms. The summed E-state index contributed by atoms with van der Waals surface area (Å²) >= 11 is 9.00. The van der Waals surface area contributed by atoms with Gasteiger partial charge >= 0.3 is 0 Å². The molecule has 0 aliphatic carbocycles. The van der Waals surface area contributed by atoms with Gasteiger partial charge in [-0.05, 0) is 42.8 Å². The van der Waals surface area contributed by atoms with Gasteiger partial charge in [-0.2, -0.15) is 0 Å². The van der Waals surface area contributed by atoms with Gasteiger partial charge in [0.1, 0.15) is 12.2 Å². The number of halogens is 3. The lowest BCUT2D eigenvalue weighted by atomic mass is 10.2. The van der Waals surface area contributed by atoms with E-state index < -0.39 is 17.6 Å². The summed E-state index contributed by atoms with van der Waals surface area (Å²) in [6, 6.07) is 9.14. The summed E-state index contributed by atoms with van der Waals surface area (Å²) in [5, 5.41) is 5.02. The fourth-order valence-electron chi connectivity index (χ4n) is 1.80. The molecule has 0 saturated heterocycles. The summed E-state index contributed by atoms with van der Waals surface area (Å²) < 4.78 is 13.9. The molecule has 0 fully saturated rings. The van der Waals surface area contributed by atoms with Crippen molar-refractivity contribution in [2.24, 2.45) is 0 Å². The van der Waals surface area contributed by atoms with E-state index in [1.54, 1.807) is 12.1 Å². The van der Waals surface area contributed by atoms with Crippen molar-refractivity contribution >= 4 is 50.7 Å². The van der Waals surface area contributed by atoms with Gasteiger partial charge in [0.25, 0.3) is 0 Å². The Balaban J connectivity index is 1.92. The van der Waals surface area contributed by atoms with Crippen molar-refractivity contribution in [3.63, 3.8) is 0 Å². The topological polar surface area (TPSA) is 58.2 Å². The molecular formula is C16H13BrClFN2O2. The first-order chi connectivity index (χ1) is 10.8. The maximum absolute atomic E-state index is 13.0. The largest absolute Gasteiger partial charge is 0.326 e. The summed E-state index contributed by atoms with van der Waals surface area (Å²) in [6.45, 7) is 1.93. The zero-order chi connectivity index (χ0) is 17.0. The molecule has 2 N–H and O–H groups in total. The molecule has 0 bridgehead atoms. The van der Waals surface area contributed by atoms with Gasteiger partial charge in [0, 0.05) is 15.8 Å². The van der Waals surface area contributed by atoms with Gasteiger partial charge in [0.2, 0.25) is 11.8 Å². The fraction of sp³-hybridized carbons (Fsp3) is 0.125. The Hall–Kier alpha value is -1.92. The number of aryl methyl sites for hydroxylation is 1. The lowest BCUT2D eigenvalue weighted by Crippen LogP contribution is -2.21. The molecule has 2 amide bonds. The Bertz CT molecular complexity index is 704. The molecule has 0 atom stereocenters. The second-order valence-electron chi connectivity index (χ2n) is 4.87. The van der Waals surface area contributed by atoms with E-state index in [0.29, 0.717) is 11.4 Å². The van der Waals surface area contributed by atoms with Crippen molar-refractivity contribution in [2.45, 2.75) is 13.3 Å². The number of carbonyl (C=O) groups is 2. The molecule has 120 valence electrons. The molecule has 2 aromatic carbocycles. The van der Waals surface area contributed by atoms with E-state index >= 15 is 0 Å². The second-order valence-corrected chi connectivity index (χ2v) is 6.13. The minimum Gasteiger partial charge on any atom is -0.326 e. The zero-order valence-electron chi connectivity index (χ0n) is 12.1. The monoisotopic (exact) mass is 398 g/mol. The standard InChI is InChI=1S/C16H13BrClFN2O2/c1-9-2-3-10(6-12(9)17)20-15(22)8-16(23)21-11-4-5-14(19)13(18)7-11/h2-7H,8H2,1H3,(H,20,22)(H,21,23). The molecule has 0 aliphatic rings. The van der Waals surface area contributed by atoms with Gasteiger partial charge in [-0.1, -0.05) is 33.6 Å². The van der Waals surface area contributed by atoms with Gasteiger partial charge < -0.3 is 10.6 Å². The molecular weight excluding hydrogens is 387 g/mol. The first-order valence-corrected chi connectivity index (χ1v) is 7.83. The molecule has 23 heavy (non-hydrogen) atoms. The average Bonchev–Trinajstić information content (AvgIpc) is 2.46. The van der Waals surface area contributed by atoms with Crippen LogP contribution in [0.25, 0.3) is 0 Å². The number of amides is 2. The quantitative estimate of drug-likeness (QED) is 0.743. The molecule has 2 aromatic rings. The van der Waals surface area contributed by atoms with E-state index in [9.17, 15) is 14.0 Å². The number of anilines is 2. The van der Waals surface area contributed by atoms with Crippen molar-refractivity contribution in [1.29, 1.82) is 0 Å². The predicted octanol–water partition coefficient (Wildman–Crippen LogP) is 4.52. The molecule has 0 aromatic heterocycles. The summed E-state index contributed by atoms with van der Waals surface area (Å²) in [5.41, 5.74) is 1.95. The van der Waals surface area contributed by atoms with E-state index in [1.807, 2.05) is 13.0 Å². The molecule has 0 heterocycles. The highest BCUT2D eigenvalue weighted by molar-refractivity contribution is 9.10. The SMILES string of the molecule is Cc1ccc(NC(=O)CC(=O)Nc2ccc(F)c(Cl)c2)cc1Br. The van der Waals surface area contributed by atoms with Crippen LogP contribution in [0.4, 0.5) is 15.8 Å². The van der Waals surface area contributed by atoms with Crippen molar-refractivity contribution in [2.75, 3.05) is 10.6 Å². The Labute approximate surface area is 146 Å². The maximum atomic E-state index is 13.0.